The Labute approximate surface area is 146 Å². The van der Waals surface area contributed by atoms with E-state index in [1.807, 2.05) is 24.3 Å². The summed E-state index contributed by atoms with van der Waals surface area (Å²) in [5, 5.41) is 14.9. The van der Waals surface area contributed by atoms with E-state index in [1.165, 1.54) is 0 Å². The van der Waals surface area contributed by atoms with Gasteiger partial charge in [0.05, 0.1) is 24.4 Å². The number of halogens is 1. The minimum absolute atomic E-state index is 0.0699. The van der Waals surface area contributed by atoms with Crippen molar-refractivity contribution >= 4 is 17.5 Å². The van der Waals surface area contributed by atoms with Gasteiger partial charge in [0.1, 0.15) is 0 Å². The van der Waals surface area contributed by atoms with Crippen molar-refractivity contribution in [3.05, 3.63) is 52.8 Å². The van der Waals surface area contributed by atoms with Gasteiger partial charge in [-0.25, -0.2) is 0 Å². The lowest BCUT2D eigenvalue weighted by Gasteiger charge is -2.22. The number of amides is 1. The maximum Gasteiger partial charge on any atom is 0.256 e. The van der Waals surface area contributed by atoms with Gasteiger partial charge in [0.15, 0.2) is 0 Å². The number of aromatic nitrogens is 2. The van der Waals surface area contributed by atoms with Gasteiger partial charge in [-0.2, -0.15) is 5.10 Å². The van der Waals surface area contributed by atoms with Crippen LogP contribution in [0.3, 0.4) is 0 Å². The molecule has 1 heterocycles. The van der Waals surface area contributed by atoms with Crippen molar-refractivity contribution in [1.82, 2.24) is 14.7 Å². The van der Waals surface area contributed by atoms with Crippen LogP contribution in [0.1, 0.15) is 35.2 Å². The Morgan fingerprint density at radius 2 is 2.21 bits per heavy atom. The minimum atomic E-state index is -0.289. The molecule has 0 radical (unpaired) electrons. The maximum absolute atomic E-state index is 12.5. The predicted molar refractivity (Wildman–Crippen MR) is 93.1 cm³/mol. The summed E-state index contributed by atoms with van der Waals surface area (Å²) in [6, 6.07) is 7.60. The zero-order valence-corrected chi connectivity index (χ0v) is 14.5. The molecule has 1 aliphatic carbocycles. The molecule has 0 saturated heterocycles. The number of hydrogen-bond acceptors (Lipinski definition) is 3. The second-order valence-electron chi connectivity index (χ2n) is 6.46. The smallest absolute Gasteiger partial charge is 0.256 e. The lowest BCUT2D eigenvalue weighted by molar-refractivity contribution is 0.0693. The molecule has 24 heavy (non-hydrogen) atoms. The molecule has 6 heteroatoms. The third-order valence-electron chi connectivity index (χ3n) is 4.64. The molecule has 1 aromatic carbocycles. The Morgan fingerprint density at radius 3 is 2.92 bits per heavy atom. The van der Waals surface area contributed by atoms with Crippen LogP contribution in [0.25, 0.3) is 0 Å². The number of benzene rings is 1. The van der Waals surface area contributed by atoms with Crippen LogP contribution in [0.15, 0.2) is 36.7 Å². The van der Waals surface area contributed by atoms with Crippen molar-refractivity contribution in [3.8, 4) is 0 Å². The van der Waals surface area contributed by atoms with Crippen LogP contribution in [-0.4, -0.2) is 45.4 Å². The van der Waals surface area contributed by atoms with Gasteiger partial charge in [-0.05, 0) is 24.5 Å². The molecule has 0 bridgehead atoms. The van der Waals surface area contributed by atoms with E-state index < -0.39 is 0 Å². The molecule has 5 nitrogen and oxygen atoms in total. The quantitative estimate of drug-likeness (QED) is 0.904. The lowest BCUT2D eigenvalue weighted by Crippen LogP contribution is -2.34. The number of aliphatic hydroxyl groups is 1. The topological polar surface area (TPSA) is 58.4 Å². The van der Waals surface area contributed by atoms with Crippen molar-refractivity contribution in [2.45, 2.75) is 31.9 Å². The average molecular weight is 348 g/mol. The first-order valence-corrected chi connectivity index (χ1v) is 8.62. The molecule has 1 N–H and O–H groups in total. The molecule has 0 spiro atoms. The van der Waals surface area contributed by atoms with E-state index in [9.17, 15) is 9.90 Å². The Bertz CT molecular complexity index is 716. The number of nitrogens with zero attached hydrogens (tertiary/aromatic N) is 3. The van der Waals surface area contributed by atoms with Crippen LogP contribution in [-0.2, 0) is 6.54 Å². The summed E-state index contributed by atoms with van der Waals surface area (Å²) < 4.78 is 1.71. The normalized spacial score (nSPS) is 20.3. The van der Waals surface area contributed by atoms with Crippen molar-refractivity contribution in [2.24, 2.45) is 5.92 Å². The molecule has 2 atom stereocenters. The van der Waals surface area contributed by atoms with Gasteiger partial charge < -0.3 is 10.0 Å². The second kappa shape index (κ2) is 7.36. The van der Waals surface area contributed by atoms with Crippen molar-refractivity contribution in [3.63, 3.8) is 0 Å². The standard InChI is InChI=1S/C18H22ClN3O2/c1-21(10-14-6-4-8-17(14)23)18(24)15-9-20-22(12-15)11-13-5-2-3-7-16(13)19/h2-3,5,7,9,12,14,17,23H,4,6,8,10-11H2,1H3. The molecular weight excluding hydrogens is 326 g/mol. The summed E-state index contributed by atoms with van der Waals surface area (Å²) in [7, 11) is 1.78. The number of aliphatic hydroxyl groups excluding tert-OH is 1. The molecular formula is C18H22ClN3O2. The first kappa shape index (κ1) is 17.0. The highest BCUT2D eigenvalue weighted by Gasteiger charge is 2.28. The minimum Gasteiger partial charge on any atom is -0.393 e. The highest BCUT2D eigenvalue weighted by atomic mass is 35.5. The maximum atomic E-state index is 12.5. The van der Waals surface area contributed by atoms with Crippen LogP contribution in [0.5, 0.6) is 0 Å². The van der Waals surface area contributed by atoms with Gasteiger partial charge in [-0.3, -0.25) is 9.48 Å². The molecule has 3 rings (SSSR count). The van der Waals surface area contributed by atoms with Gasteiger partial charge in [0.25, 0.3) is 5.91 Å². The summed E-state index contributed by atoms with van der Waals surface area (Å²) in [6.07, 6.45) is 5.88. The van der Waals surface area contributed by atoms with Crippen molar-refractivity contribution in [1.29, 1.82) is 0 Å². The fourth-order valence-electron chi connectivity index (χ4n) is 3.25. The molecule has 128 valence electrons. The second-order valence-corrected chi connectivity index (χ2v) is 6.87. The monoisotopic (exact) mass is 347 g/mol. The predicted octanol–water partition coefficient (Wildman–Crippen LogP) is 2.82. The number of hydrogen-bond donors (Lipinski definition) is 1. The third-order valence-corrected chi connectivity index (χ3v) is 5.01. The van der Waals surface area contributed by atoms with E-state index in [-0.39, 0.29) is 17.9 Å². The Balaban J connectivity index is 1.64. The molecule has 1 aliphatic rings. The Morgan fingerprint density at radius 1 is 1.42 bits per heavy atom. The highest BCUT2D eigenvalue weighted by molar-refractivity contribution is 6.31. The third kappa shape index (κ3) is 3.79. The van der Waals surface area contributed by atoms with Gasteiger partial charge in [0, 0.05) is 30.7 Å². The molecule has 2 aromatic rings. The van der Waals surface area contributed by atoms with Gasteiger partial charge in [-0.1, -0.05) is 36.2 Å². The molecule has 2 unspecified atom stereocenters. The van der Waals surface area contributed by atoms with Crippen molar-refractivity contribution in [2.75, 3.05) is 13.6 Å². The van der Waals surface area contributed by atoms with E-state index in [1.54, 1.807) is 29.0 Å². The number of carbonyl (C=O) groups excluding carboxylic acids is 1. The van der Waals surface area contributed by atoms with Gasteiger partial charge >= 0.3 is 0 Å². The van der Waals surface area contributed by atoms with Crippen LogP contribution in [0.2, 0.25) is 5.02 Å². The molecule has 1 amide bonds. The number of carbonyl (C=O) groups is 1. The molecule has 1 aromatic heterocycles. The Kier molecular flexibility index (Phi) is 5.21. The highest BCUT2D eigenvalue weighted by Crippen LogP contribution is 2.26. The van der Waals surface area contributed by atoms with Crippen LogP contribution < -0.4 is 0 Å². The fourth-order valence-corrected chi connectivity index (χ4v) is 3.44. The zero-order valence-electron chi connectivity index (χ0n) is 13.7. The number of rotatable bonds is 5. The van der Waals surface area contributed by atoms with E-state index in [0.717, 1.165) is 24.8 Å². The van der Waals surface area contributed by atoms with E-state index in [4.69, 9.17) is 11.6 Å². The summed E-state index contributed by atoms with van der Waals surface area (Å²) in [4.78, 5) is 14.2. The Hall–Kier alpha value is -1.85. The molecule has 1 fully saturated rings. The molecule has 0 aliphatic heterocycles. The van der Waals surface area contributed by atoms with Crippen LogP contribution >= 0.6 is 11.6 Å². The fraction of sp³-hybridized carbons (Fsp3) is 0.444. The summed E-state index contributed by atoms with van der Waals surface area (Å²) >= 11 is 6.16. The largest absolute Gasteiger partial charge is 0.393 e. The van der Waals surface area contributed by atoms with Crippen LogP contribution in [0.4, 0.5) is 0 Å². The van der Waals surface area contributed by atoms with E-state index >= 15 is 0 Å². The summed E-state index contributed by atoms with van der Waals surface area (Å²) in [5.41, 5.74) is 1.51. The van der Waals surface area contributed by atoms with E-state index in [0.29, 0.717) is 23.7 Å². The van der Waals surface area contributed by atoms with Gasteiger partial charge in [0.2, 0.25) is 0 Å². The van der Waals surface area contributed by atoms with Crippen LogP contribution in [0, 0.1) is 5.92 Å². The first-order valence-electron chi connectivity index (χ1n) is 8.24. The van der Waals surface area contributed by atoms with E-state index in [2.05, 4.69) is 5.10 Å². The molecule has 1 saturated carbocycles. The zero-order chi connectivity index (χ0) is 17.1. The summed E-state index contributed by atoms with van der Waals surface area (Å²) in [6.45, 7) is 1.10. The SMILES string of the molecule is CN(CC1CCCC1O)C(=O)c1cnn(Cc2ccccc2Cl)c1. The first-order chi connectivity index (χ1) is 11.5. The van der Waals surface area contributed by atoms with Crippen molar-refractivity contribution < 1.29 is 9.90 Å². The summed E-state index contributed by atoms with van der Waals surface area (Å²) in [5.74, 6) is 0.108. The van der Waals surface area contributed by atoms with Gasteiger partial charge in [-0.15, -0.1) is 0 Å². The average Bonchev–Trinajstić information content (AvgIpc) is 3.19. The lowest BCUT2D eigenvalue weighted by atomic mass is 10.1.